The SMILES string of the molecule is CC(=O)c1ccc(Cc2ccccc2)c(Br)c1. The van der Waals surface area contributed by atoms with Gasteiger partial charge in [-0.1, -0.05) is 58.4 Å². The van der Waals surface area contributed by atoms with Crippen molar-refractivity contribution in [2.75, 3.05) is 0 Å². The maximum atomic E-state index is 11.2. The molecule has 1 nitrogen and oxygen atoms in total. The minimum absolute atomic E-state index is 0.0944. The van der Waals surface area contributed by atoms with E-state index in [0.717, 1.165) is 16.5 Å². The van der Waals surface area contributed by atoms with Crippen molar-refractivity contribution in [3.63, 3.8) is 0 Å². The Hall–Kier alpha value is -1.41. The highest BCUT2D eigenvalue weighted by Crippen LogP contribution is 2.21. The number of carbonyl (C=O) groups is 1. The van der Waals surface area contributed by atoms with Crippen LogP contribution in [0.5, 0.6) is 0 Å². The topological polar surface area (TPSA) is 17.1 Å². The molecule has 0 unspecified atom stereocenters. The number of halogens is 1. The zero-order valence-electron chi connectivity index (χ0n) is 9.61. The van der Waals surface area contributed by atoms with Crippen LogP contribution in [-0.2, 0) is 6.42 Å². The van der Waals surface area contributed by atoms with E-state index in [9.17, 15) is 4.79 Å². The van der Waals surface area contributed by atoms with E-state index in [4.69, 9.17) is 0 Å². The molecule has 0 aliphatic carbocycles. The summed E-state index contributed by atoms with van der Waals surface area (Å²) in [6.07, 6.45) is 0.875. The minimum Gasteiger partial charge on any atom is -0.295 e. The van der Waals surface area contributed by atoms with Crippen molar-refractivity contribution >= 4 is 21.7 Å². The van der Waals surface area contributed by atoms with Crippen LogP contribution in [0.15, 0.2) is 53.0 Å². The Morgan fingerprint density at radius 2 is 1.82 bits per heavy atom. The van der Waals surface area contributed by atoms with Crippen molar-refractivity contribution in [3.05, 3.63) is 69.7 Å². The molecule has 0 fully saturated rings. The third-order valence-electron chi connectivity index (χ3n) is 2.70. The van der Waals surface area contributed by atoms with Crippen LogP contribution in [0.2, 0.25) is 0 Å². The molecule has 0 atom stereocenters. The highest BCUT2D eigenvalue weighted by Gasteiger charge is 2.05. The van der Waals surface area contributed by atoms with Crippen LogP contribution in [0, 0.1) is 0 Å². The summed E-state index contributed by atoms with van der Waals surface area (Å²) in [4.78, 5) is 11.2. The number of ketones is 1. The second kappa shape index (κ2) is 5.28. The molecule has 0 aliphatic rings. The van der Waals surface area contributed by atoms with Gasteiger partial charge in [-0.05, 0) is 30.5 Å². The van der Waals surface area contributed by atoms with Gasteiger partial charge < -0.3 is 0 Å². The maximum absolute atomic E-state index is 11.2. The van der Waals surface area contributed by atoms with Crippen molar-refractivity contribution in [1.82, 2.24) is 0 Å². The first-order valence-corrected chi connectivity index (χ1v) is 6.29. The van der Waals surface area contributed by atoms with E-state index >= 15 is 0 Å². The second-order valence-corrected chi connectivity index (χ2v) is 4.88. The molecule has 0 saturated carbocycles. The van der Waals surface area contributed by atoms with E-state index < -0.39 is 0 Å². The lowest BCUT2D eigenvalue weighted by Crippen LogP contribution is -1.95. The standard InChI is InChI=1S/C15H13BrO/c1-11(17)13-7-8-14(15(16)10-13)9-12-5-3-2-4-6-12/h2-8,10H,9H2,1H3. The molecule has 0 aromatic heterocycles. The molecule has 2 aromatic rings. The van der Waals surface area contributed by atoms with E-state index in [1.165, 1.54) is 11.1 Å². The van der Waals surface area contributed by atoms with Crippen LogP contribution >= 0.6 is 15.9 Å². The monoisotopic (exact) mass is 288 g/mol. The molecule has 2 aromatic carbocycles. The fraction of sp³-hybridized carbons (Fsp3) is 0.133. The summed E-state index contributed by atoms with van der Waals surface area (Å²) in [6, 6.07) is 16.1. The lowest BCUT2D eigenvalue weighted by molar-refractivity contribution is 0.101. The number of rotatable bonds is 3. The molecule has 2 heteroatoms. The van der Waals surface area contributed by atoms with Gasteiger partial charge in [0.05, 0.1) is 0 Å². The predicted octanol–water partition coefficient (Wildman–Crippen LogP) is 4.24. The van der Waals surface area contributed by atoms with Crippen LogP contribution in [-0.4, -0.2) is 5.78 Å². The van der Waals surface area contributed by atoms with Gasteiger partial charge in [0.15, 0.2) is 5.78 Å². The molecule has 0 N–H and O–H groups in total. The first kappa shape index (κ1) is 12.1. The third kappa shape index (κ3) is 3.04. The molecule has 86 valence electrons. The molecular formula is C15H13BrO. The van der Waals surface area contributed by atoms with Gasteiger partial charge in [0.1, 0.15) is 0 Å². The maximum Gasteiger partial charge on any atom is 0.159 e. The second-order valence-electron chi connectivity index (χ2n) is 4.02. The normalized spacial score (nSPS) is 10.2. The highest BCUT2D eigenvalue weighted by molar-refractivity contribution is 9.10. The van der Waals surface area contributed by atoms with Gasteiger partial charge in [0, 0.05) is 10.0 Å². The van der Waals surface area contributed by atoms with Crippen molar-refractivity contribution in [2.45, 2.75) is 13.3 Å². The molecule has 0 saturated heterocycles. The van der Waals surface area contributed by atoms with Gasteiger partial charge in [-0.3, -0.25) is 4.79 Å². The summed E-state index contributed by atoms with van der Waals surface area (Å²) in [6.45, 7) is 1.58. The average molecular weight is 289 g/mol. The summed E-state index contributed by atoms with van der Waals surface area (Å²) in [7, 11) is 0. The fourth-order valence-electron chi connectivity index (χ4n) is 1.73. The van der Waals surface area contributed by atoms with E-state index in [-0.39, 0.29) is 5.78 Å². The molecule has 0 heterocycles. The Kier molecular flexibility index (Phi) is 3.75. The van der Waals surface area contributed by atoms with Crippen molar-refractivity contribution in [3.8, 4) is 0 Å². The smallest absolute Gasteiger partial charge is 0.159 e. The van der Waals surface area contributed by atoms with Gasteiger partial charge in [0.25, 0.3) is 0 Å². The first-order chi connectivity index (χ1) is 8.16. The van der Waals surface area contributed by atoms with Crippen LogP contribution in [0.4, 0.5) is 0 Å². The van der Waals surface area contributed by atoms with Crippen molar-refractivity contribution < 1.29 is 4.79 Å². The number of benzene rings is 2. The van der Waals surface area contributed by atoms with E-state index in [0.29, 0.717) is 0 Å². The van der Waals surface area contributed by atoms with Crippen LogP contribution in [0.25, 0.3) is 0 Å². The molecular weight excluding hydrogens is 276 g/mol. The zero-order valence-corrected chi connectivity index (χ0v) is 11.2. The third-order valence-corrected chi connectivity index (χ3v) is 3.44. The molecule has 2 rings (SSSR count). The summed E-state index contributed by atoms with van der Waals surface area (Å²) in [5, 5.41) is 0. The Balaban J connectivity index is 2.26. The largest absolute Gasteiger partial charge is 0.295 e. The number of hydrogen-bond donors (Lipinski definition) is 0. The molecule has 0 radical (unpaired) electrons. The van der Waals surface area contributed by atoms with Crippen LogP contribution in [0.1, 0.15) is 28.4 Å². The van der Waals surface area contributed by atoms with Crippen LogP contribution < -0.4 is 0 Å². The highest BCUT2D eigenvalue weighted by atomic mass is 79.9. The minimum atomic E-state index is 0.0944. The van der Waals surface area contributed by atoms with Crippen molar-refractivity contribution in [1.29, 1.82) is 0 Å². The Morgan fingerprint density at radius 3 is 2.41 bits per heavy atom. The first-order valence-electron chi connectivity index (χ1n) is 5.50. The van der Waals surface area contributed by atoms with Gasteiger partial charge in [-0.15, -0.1) is 0 Å². The predicted molar refractivity (Wildman–Crippen MR) is 73.4 cm³/mol. The number of carbonyl (C=O) groups excluding carboxylic acids is 1. The van der Waals surface area contributed by atoms with E-state index in [1.54, 1.807) is 6.92 Å². The lowest BCUT2D eigenvalue weighted by atomic mass is 10.0. The van der Waals surface area contributed by atoms with Gasteiger partial charge >= 0.3 is 0 Å². The summed E-state index contributed by atoms with van der Waals surface area (Å²) < 4.78 is 0.994. The zero-order chi connectivity index (χ0) is 12.3. The van der Waals surface area contributed by atoms with E-state index in [1.807, 2.05) is 36.4 Å². The molecule has 0 amide bonds. The number of Topliss-reactive ketones (excluding diaryl/α,β-unsaturated/α-hetero) is 1. The Labute approximate surface area is 110 Å². The quantitative estimate of drug-likeness (QED) is 0.772. The molecule has 17 heavy (non-hydrogen) atoms. The average Bonchev–Trinajstić information content (AvgIpc) is 2.33. The van der Waals surface area contributed by atoms with Crippen LogP contribution in [0.3, 0.4) is 0 Å². The van der Waals surface area contributed by atoms with Crippen molar-refractivity contribution in [2.24, 2.45) is 0 Å². The van der Waals surface area contributed by atoms with Gasteiger partial charge in [-0.25, -0.2) is 0 Å². The van der Waals surface area contributed by atoms with Gasteiger partial charge in [0.2, 0.25) is 0 Å². The molecule has 0 spiro atoms. The molecule has 0 bridgehead atoms. The summed E-state index contributed by atoms with van der Waals surface area (Å²) >= 11 is 3.52. The lowest BCUT2D eigenvalue weighted by Gasteiger charge is -2.06. The fourth-order valence-corrected chi connectivity index (χ4v) is 2.24. The van der Waals surface area contributed by atoms with Gasteiger partial charge in [-0.2, -0.15) is 0 Å². The summed E-state index contributed by atoms with van der Waals surface area (Å²) in [5.74, 6) is 0.0944. The Morgan fingerprint density at radius 1 is 1.12 bits per heavy atom. The Bertz CT molecular complexity index is 532. The van der Waals surface area contributed by atoms with E-state index in [2.05, 4.69) is 28.1 Å². The molecule has 0 aliphatic heterocycles. The number of hydrogen-bond acceptors (Lipinski definition) is 1. The summed E-state index contributed by atoms with van der Waals surface area (Å²) in [5.41, 5.74) is 3.21.